The molecule has 20 heavy (non-hydrogen) atoms. The van der Waals surface area contributed by atoms with E-state index >= 15 is 0 Å². The van der Waals surface area contributed by atoms with Gasteiger partial charge in [-0.15, -0.1) is 0 Å². The van der Waals surface area contributed by atoms with Gasteiger partial charge in [0, 0.05) is 22.3 Å². The van der Waals surface area contributed by atoms with Gasteiger partial charge in [-0.05, 0) is 36.4 Å². The number of halogens is 3. The molecule has 0 aliphatic heterocycles. The van der Waals surface area contributed by atoms with E-state index in [-0.39, 0.29) is 17.7 Å². The van der Waals surface area contributed by atoms with Crippen LogP contribution >= 0.6 is 15.9 Å². The summed E-state index contributed by atoms with van der Waals surface area (Å²) in [5, 5.41) is 11.8. The van der Waals surface area contributed by atoms with Crippen LogP contribution < -0.4 is 5.32 Å². The number of rotatable bonds is 4. The molecule has 0 spiro atoms. The SMILES string of the molecule is O=C(O)c1cc(Br)cc(NCc2cc(F)ccc2F)c1. The van der Waals surface area contributed by atoms with Crippen LogP contribution in [0, 0.1) is 11.6 Å². The molecule has 0 saturated heterocycles. The number of hydrogen-bond donors (Lipinski definition) is 2. The summed E-state index contributed by atoms with van der Waals surface area (Å²) in [6, 6.07) is 7.72. The first-order valence-corrected chi connectivity index (χ1v) is 6.46. The van der Waals surface area contributed by atoms with Gasteiger partial charge in [-0.3, -0.25) is 0 Å². The van der Waals surface area contributed by atoms with E-state index in [1.165, 1.54) is 12.1 Å². The van der Waals surface area contributed by atoms with Crippen molar-refractivity contribution in [1.82, 2.24) is 0 Å². The highest BCUT2D eigenvalue weighted by atomic mass is 79.9. The van der Waals surface area contributed by atoms with Crippen molar-refractivity contribution >= 4 is 27.6 Å². The maximum absolute atomic E-state index is 13.4. The first-order valence-electron chi connectivity index (χ1n) is 5.67. The van der Waals surface area contributed by atoms with Crippen molar-refractivity contribution < 1.29 is 18.7 Å². The van der Waals surface area contributed by atoms with Crippen LogP contribution in [0.2, 0.25) is 0 Å². The standard InChI is InChI=1S/C14H10BrF2NO2/c15-10-3-8(14(19)20)5-12(6-10)18-7-9-4-11(16)1-2-13(9)17/h1-6,18H,7H2,(H,19,20). The second-order valence-corrected chi connectivity index (χ2v) is 5.04. The molecule has 0 bridgehead atoms. The minimum absolute atomic E-state index is 0.0547. The van der Waals surface area contributed by atoms with Gasteiger partial charge in [0.25, 0.3) is 0 Å². The van der Waals surface area contributed by atoms with Crippen molar-refractivity contribution in [2.75, 3.05) is 5.32 Å². The Hall–Kier alpha value is -1.95. The molecule has 0 unspecified atom stereocenters. The summed E-state index contributed by atoms with van der Waals surface area (Å²) in [6.07, 6.45) is 0. The summed E-state index contributed by atoms with van der Waals surface area (Å²) in [5.74, 6) is -2.11. The van der Waals surface area contributed by atoms with Crippen molar-refractivity contribution in [1.29, 1.82) is 0 Å². The first-order chi connectivity index (χ1) is 9.45. The second kappa shape index (κ2) is 6.00. The van der Waals surface area contributed by atoms with Crippen molar-refractivity contribution in [2.24, 2.45) is 0 Å². The third kappa shape index (κ3) is 3.54. The van der Waals surface area contributed by atoms with Crippen LogP contribution in [0.3, 0.4) is 0 Å². The van der Waals surface area contributed by atoms with Crippen LogP contribution in [0.25, 0.3) is 0 Å². The summed E-state index contributed by atoms with van der Waals surface area (Å²) < 4.78 is 27.1. The van der Waals surface area contributed by atoms with E-state index in [2.05, 4.69) is 21.2 Å². The van der Waals surface area contributed by atoms with Crippen molar-refractivity contribution in [3.8, 4) is 0 Å². The van der Waals surface area contributed by atoms with E-state index < -0.39 is 17.6 Å². The lowest BCUT2D eigenvalue weighted by Crippen LogP contribution is -2.04. The number of nitrogens with one attached hydrogen (secondary N) is 1. The van der Waals surface area contributed by atoms with Crippen LogP contribution in [-0.4, -0.2) is 11.1 Å². The molecule has 0 aliphatic carbocycles. The van der Waals surface area contributed by atoms with E-state index in [1.807, 2.05) is 0 Å². The van der Waals surface area contributed by atoms with Gasteiger partial charge >= 0.3 is 5.97 Å². The zero-order chi connectivity index (χ0) is 14.7. The molecular formula is C14H10BrF2NO2. The predicted octanol–water partition coefficient (Wildman–Crippen LogP) is 4.04. The fourth-order valence-corrected chi connectivity index (χ4v) is 2.18. The molecule has 2 N–H and O–H groups in total. The fraction of sp³-hybridized carbons (Fsp3) is 0.0714. The Morgan fingerprint density at radius 3 is 2.65 bits per heavy atom. The molecular weight excluding hydrogens is 332 g/mol. The molecule has 0 heterocycles. The zero-order valence-electron chi connectivity index (χ0n) is 10.2. The van der Waals surface area contributed by atoms with E-state index in [4.69, 9.17) is 5.11 Å². The molecule has 3 nitrogen and oxygen atoms in total. The van der Waals surface area contributed by atoms with Gasteiger partial charge in [-0.1, -0.05) is 15.9 Å². The molecule has 0 amide bonds. The summed E-state index contributed by atoms with van der Waals surface area (Å²) in [7, 11) is 0. The van der Waals surface area contributed by atoms with Crippen molar-refractivity contribution in [3.63, 3.8) is 0 Å². The highest BCUT2D eigenvalue weighted by molar-refractivity contribution is 9.10. The number of carboxylic acids is 1. The van der Waals surface area contributed by atoms with Gasteiger partial charge in [-0.2, -0.15) is 0 Å². The summed E-state index contributed by atoms with van der Waals surface area (Å²) in [4.78, 5) is 10.9. The molecule has 2 aromatic carbocycles. The molecule has 0 aromatic heterocycles. The van der Waals surface area contributed by atoms with Crippen LogP contribution in [0.15, 0.2) is 40.9 Å². The maximum Gasteiger partial charge on any atom is 0.335 e. The van der Waals surface area contributed by atoms with Gasteiger partial charge < -0.3 is 10.4 Å². The topological polar surface area (TPSA) is 49.3 Å². The summed E-state index contributed by atoms with van der Waals surface area (Å²) >= 11 is 3.20. The molecule has 0 radical (unpaired) electrons. The molecule has 0 atom stereocenters. The van der Waals surface area contributed by atoms with Gasteiger partial charge in [-0.25, -0.2) is 13.6 Å². The molecule has 0 aliphatic rings. The Balaban J connectivity index is 2.18. The van der Waals surface area contributed by atoms with Gasteiger partial charge in [0.15, 0.2) is 0 Å². The second-order valence-electron chi connectivity index (χ2n) is 4.12. The molecule has 6 heteroatoms. The third-order valence-electron chi connectivity index (χ3n) is 2.64. The minimum atomic E-state index is -1.06. The average Bonchev–Trinajstić information content (AvgIpc) is 2.39. The number of anilines is 1. The lowest BCUT2D eigenvalue weighted by Gasteiger charge is -2.09. The normalized spacial score (nSPS) is 10.3. The Morgan fingerprint density at radius 1 is 1.20 bits per heavy atom. The fourth-order valence-electron chi connectivity index (χ4n) is 1.69. The Morgan fingerprint density at radius 2 is 1.95 bits per heavy atom. The average molecular weight is 342 g/mol. The third-order valence-corrected chi connectivity index (χ3v) is 3.09. The Labute approximate surface area is 122 Å². The highest BCUT2D eigenvalue weighted by Gasteiger charge is 2.07. The van der Waals surface area contributed by atoms with Gasteiger partial charge in [0.05, 0.1) is 5.56 Å². The first kappa shape index (κ1) is 14.5. The Bertz CT molecular complexity index is 662. The Kier molecular flexibility index (Phi) is 4.34. The molecule has 0 saturated carbocycles. The lowest BCUT2D eigenvalue weighted by molar-refractivity contribution is 0.0697. The maximum atomic E-state index is 13.4. The largest absolute Gasteiger partial charge is 0.478 e. The summed E-state index contributed by atoms with van der Waals surface area (Å²) in [6.45, 7) is 0.0547. The van der Waals surface area contributed by atoms with Crippen LogP contribution in [0.1, 0.15) is 15.9 Å². The molecule has 2 rings (SSSR count). The summed E-state index contributed by atoms with van der Waals surface area (Å²) in [5.41, 5.74) is 0.767. The number of carbonyl (C=O) groups is 1. The van der Waals surface area contributed by atoms with E-state index in [1.54, 1.807) is 6.07 Å². The molecule has 104 valence electrons. The number of benzene rings is 2. The van der Waals surface area contributed by atoms with Gasteiger partial charge in [0.2, 0.25) is 0 Å². The zero-order valence-corrected chi connectivity index (χ0v) is 11.7. The smallest absolute Gasteiger partial charge is 0.335 e. The van der Waals surface area contributed by atoms with E-state index in [0.717, 1.165) is 18.2 Å². The quantitative estimate of drug-likeness (QED) is 0.882. The molecule has 0 fully saturated rings. The van der Waals surface area contributed by atoms with Crippen LogP contribution in [0.4, 0.5) is 14.5 Å². The highest BCUT2D eigenvalue weighted by Crippen LogP contribution is 2.21. The monoisotopic (exact) mass is 341 g/mol. The van der Waals surface area contributed by atoms with Crippen molar-refractivity contribution in [3.05, 3.63) is 63.6 Å². The van der Waals surface area contributed by atoms with E-state index in [0.29, 0.717) is 10.2 Å². The molecule has 2 aromatic rings. The van der Waals surface area contributed by atoms with Gasteiger partial charge in [0.1, 0.15) is 11.6 Å². The van der Waals surface area contributed by atoms with Crippen LogP contribution in [-0.2, 0) is 6.54 Å². The van der Waals surface area contributed by atoms with Crippen LogP contribution in [0.5, 0.6) is 0 Å². The number of hydrogen-bond acceptors (Lipinski definition) is 2. The minimum Gasteiger partial charge on any atom is -0.478 e. The van der Waals surface area contributed by atoms with Crippen molar-refractivity contribution in [2.45, 2.75) is 6.54 Å². The number of aromatic carboxylic acids is 1. The lowest BCUT2D eigenvalue weighted by atomic mass is 10.1. The van der Waals surface area contributed by atoms with E-state index in [9.17, 15) is 13.6 Å². The predicted molar refractivity (Wildman–Crippen MR) is 74.8 cm³/mol. The number of carboxylic acid groups (broad SMARTS) is 1.